The molecule has 0 unspecified atom stereocenters. The molecule has 23 heteroatoms. The van der Waals surface area contributed by atoms with E-state index >= 15 is 0 Å². The van der Waals surface area contributed by atoms with Crippen LogP contribution in [0, 0.1) is 12.0 Å². The molecule has 1 aromatic heterocycles. The van der Waals surface area contributed by atoms with Gasteiger partial charge in [0.1, 0.15) is 32.7 Å². The van der Waals surface area contributed by atoms with Gasteiger partial charge in [-0.1, -0.05) is 0 Å². The fourth-order valence-corrected chi connectivity index (χ4v) is 5.95. The van der Waals surface area contributed by atoms with Crippen LogP contribution < -0.4 is 11.1 Å². The van der Waals surface area contributed by atoms with E-state index < -0.39 is 80.0 Å². The van der Waals surface area contributed by atoms with Crippen LogP contribution in [0.5, 0.6) is 5.75 Å². The third-order valence-electron chi connectivity index (χ3n) is 6.35. The summed E-state index contributed by atoms with van der Waals surface area (Å²) < 4.78 is 127. The van der Waals surface area contributed by atoms with E-state index in [0.29, 0.717) is 6.07 Å². The first-order chi connectivity index (χ1) is 22.8. The number of nitrogens with two attached hydrogens (primary N) is 1. The van der Waals surface area contributed by atoms with Crippen molar-refractivity contribution in [3.8, 4) is 5.75 Å². The number of azo groups is 2. The van der Waals surface area contributed by atoms with Gasteiger partial charge < -0.3 is 16.2 Å². The maximum absolute atomic E-state index is 13.5. The second kappa shape index (κ2) is 12.8. The molecule has 0 aliphatic heterocycles. The Morgan fingerprint density at radius 3 is 1.94 bits per heavy atom. The highest BCUT2D eigenvalue weighted by molar-refractivity contribution is 7.86. The van der Waals surface area contributed by atoms with Crippen LogP contribution in [0.3, 0.4) is 0 Å². The van der Waals surface area contributed by atoms with Crippen molar-refractivity contribution in [1.29, 1.82) is 0 Å². The number of rotatable bonds is 9. The largest absolute Gasteiger partial charge is 0.505 e. The monoisotopic (exact) mass is 736 g/mol. The summed E-state index contributed by atoms with van der Waals surface area (Å²) in [6.07, 6.45) is -1.43. The number of halogens is 2. The first-order valence-corrected chi connectivity index (χ1v) is 17.2. The van der Waals surface area contributed by atoms with Crippen molar-refractivity contribution in [2.45, 2.75) is 14.7 Å². The number of anilines is 3. The second-order valence-electron chi connectivity index (χ2n) is 9.64. The number of benzene rings is 4. The Kier molecular flexibility index (Phi) is 9.07. The molecule has 0 radical (unpaired) electrons. The molecule has 7 N–H and O–H groups in total. The van der Waals surface area contributed by atoms with E-state index in [9.17, 15) is 48.2 Å². The Morgan fingerprint density at radius 1 is 0.673 bits per heavy atom. The zero-order valence-corrected chi connectivity index (χ0v) is 26.3. The fraction of sp³-hybridized carbons (Fsp3) is 0. The number of nitrogens with zero attached hydrogens (tertiary/aromatic N) is 6. The van der Waals surface area contributed by atoms with Crippen molar-refractivity contribution in [2.24, 2.45) is 20.5 Å². The molecule has 18 nitrogen and oxygen atoms in total. The van der Waals surface area contributed by atoms with E-state index in [0.717, 1.165) is 36.4 Å². The molecule has 5 rings (SSSR count). The van der Waals surface area contributed by atoms with E-state index in [1.54, 1.807) is 0 Å². The lowest BCUT2D eigenvalue weighted by atomic mass is 10.1. The minimum atomic E-state index is -5.24. The molecule has 0 aliphatic rings. The van der Waals surface area contributed by atoms with E-state index in [1.165, 1.54) is 24.3 Å². The number of hydrogen-bond acceptors (Lipinski definition) is 15. The Bertz CT molecular complexity index is 2530. The highest BCUT2D eigenvalue weighted by Crippen LogP contribution is 2.46. The van der Waals surface area contributed by atoms with Crippen LogP contribution in [0.15, 0.2) is 102 Å². The molecule has 1 heterocycles. The summed E-state index contributed by atoms with van der Waals surface area (Å²) >= 11 is 0. The van der Waals surface area contributed by atoms with Crippen molar-refractivity contribution in [3.63, 3.8) is 0 Å². The Hall–Kier alpha value is -5.59. The molecule has 4 aromatic carbocycles. The molecule has 0 saturated carbocycles. The van der Waals surface area contributed by atoms with E-state index in [1.807, 2.05) is 0 Å². The molecule has 5 aromatic rings. The third-order valence-corrected chi connectivity index (χ3v) is 8.99. The van der Waals surface area contributed by atoms with Gasteiger partial charge in [0.2, 0.25) is 5.95 Å². The lowest BCUT2D eigenvalue weighted by molar-refractivity contribution is 0.472. The molecule has 0 bridgehead atoms. The van der Waals surface area contributed by atoms with Crippen LogP contribution >= 0.6 is 0 Å². The summed E-state index contributed by atoms with van der Waals surface area (Å²) in [6.45, 7) is 0. The van der Waals surface area contributed by atoms with Crippen LogP contribution in [-0.2, 0) is 30.4 Å². The number of phenolic OH excluding ortho intramolecular Hbond substituents is 1. The van der Waals surface area contributed by atoms with Crippen molar-refractivity contribution in [2.75, 3.05) is 11.1 Å². The van der Waals surface area contributed by atoms with Crippen LogP contribution in [0.4, 0.5) is 48.7 Å². The van der Waals surface area contributed by atoms with Crippen molar-refractivity contribution in [3.05, 3.63) is 78.8 Å². The summed E-state index contributed by atoms with van der Waals surface area (Å²) in [5.41, 5.74) is 4.10. The topological polar surface area (TPSA) is 297 Å². The number of hydrogen-bond donors (Lipinski definition) is 6. The van der Waals surface area contributed by atoms with Gasteiger partial charge in [-0.25, -0.2) is 0 Å². The minimum absolute atomic E-state index is 0.0646. The highest BCUT2D eigenvalue weighted by atomic mass is 32.2. The standard InChI is InChI=1S/C26H18F2N8O10S3/c27-21-11-22(32-26(28)31-21)30-13-3-8-19(48(41,42)43)18(9-13)34-36-24-20(49(44,45)46)10-16-15(25(24)37)6-7-17(29)23(16)35-33-12-1-4-14(5-2-12)47(38,39)40/h1-11,37H,29H2,(H,30,31,32)(H,38,39,40)(H,41,42,43)(H,44,45,46). The highest BCUT2D eigenvalue weighted by Gasteiger charge is 2.25. The summed E-state index contributed by atoms with van der Waals surface area (Å²) in [5, 5.41) is 28.4. The van der Waals surface area contributed by atoms with Gasteiger partial charge in [0.05, 0.1) is 16.3 Å². The molecule has 254 valence electrons. The van der Waals surface area contributed by atoms with Crippen LogP contribution in [0.1, 0.15) is 0 Å². The van der Waals surface area contributed by atoms with Crippen molar-refractivity contribution >= 4 is 81.1 Å². The van der Waals surface area contributed by atoms with Gasteiger partial charge in [-0.3, -0.25) is 13.7 Å². The second-order valence-corrected chi connectivity index (χ2v) is 13.8. The van der Waals surface area contributed by atoms with Gasteiger partial charge in [-0.2, -0.15) is 49.1 Å². The van der Waals surface area contributed by atoms with E-state index in [4.69, 9.17) is 10.3 Å². The van der Waals surface area contributed by atoms with Crippen molar-refractivity contribution in [1.82, 2.24) is 9.97 Å². The third kappa shape index (κ3) is 7.77. The number of nitrogen functional groups attached to an aromatic ring is 1. The molecule has 0 fully saturated rings. The molecule has 0 atom stereocenters. The summed E-state index contributed by atoms with van der Waals surface area (Å²) in [4.78, 5) is 3.81. The Labute approximate surface area is 274 Å². The first kappa shape index (κ1) is 34.7. The minimum Gasteiger partial charge on any atom is -0.505 e. The predicted octanol–water partition coefficient (Wildman–Crippen LogP) is 5.51. The maximum Gasteiger partial charge on any atom is 0.313 e. The number of phenols is 1. The summed E-state index contributed by atoms with van der Waals surface area (Å²) in [6, 6.07) is 11.2. The van der Waals surface area contributed by atoms with Crippen LogP contribution in [0.2, 0.25) is 0 Å². The fourth-order valence-electron chi connectivity index (χ4n) is 4.22. The number of aromatic hydroxyl groups is 1. The normalized spacial score (nSPS) is 12.7. The molecule has 0 amide bonds. The average molecular weight is 737 g/mol. The summed E-state index contributed by atoms with van der Waals surface area (Å²) in [7, 11) is -14.7. The maximum atomic E-state index is 13.5. The van der Waals surface area contributed by atoms with Crippen LogP contribution in [0.25, 0.3) is 10.8 Å². The van der Waals surface area contributed by atoms with Gasteiger partial charge in [-0.05, 0) is 60.7 Å². The molecular formula is C26H18F2N8O10S3. The quantitative estimate of drug-likeness (QED) is 0.0357. The molecular weight excluding hydrogens is 719 g/mol. The summed E-state index contributed by atoms with van der Waals surface area (Å²) in [5.74, 6) is -2.57. The van der Waals surface area contributed by atoms with Crippen molar-refractivity contribution < 1.29 is 52.8 Å². The lowest BCUT2D eigenvalue weighted by Crippen LogP contribution is -2.02. The van der Waals surface area contributed by atoms with Gasteiger partial charge in [-0.15, -0.1) is 15.3 Å². The zero-order valence-electron chi connectivity index (χ0n) is 23.8. The predicted molar refractivity (Wildman–Crippen MR) is 166 cm³/mol. The number of fused-ring (bicyclic) bond motifs is 1. The van der Waals surface area contributed by atoms with E-state index in [-0.39, 0.29) is 33.5 Å². The molecule has 0 saturated heterocycles. The van der Waals surface area contributed by atoms with E-state index in [2.05, 4.69) is 35.7 Å². The van der Waals surface area contributed by atoms with Gasteiger partial charge in [0.15, 0.2) is 5.75 Å². The number of nitrogens with one attached hydrogen (secondary N) is 1. The van der Waals surface area contributed by atoms with Gasteiger partial charge in [0, 0.05) is 22.5 Å². The SMILES string of the molecule is Nc1ccc2c(O)c(N=Nc3cc(Nc4cc(F)nc(F)n4)ccc3S(=O)(=O)O)c(S(=O)(=O)O)cc2c1N=Nc1ccc(S(=O)(=O)O)cc1. The average Bonchev–Trinajstić information content (AvgIpc) is 2.98. The lowest BCUT2D eigenvalue weighted by Gasteiger charge is -2.12. The Balaban J connectivity index is 1.63. The zero-order chi connectivity index (χ0) is 35.9. The van der Waals surface area contributed by atoms with Gasteiger partial charge >= 0.3 is 6.08 Å². The molecule has 0 spiro atoms. The Morgan fingerprint density at radius 2 is 1.33 bits per heavy atom. The van der Waals surface area contributed by atoms with Gasteiger partial charge in [0.25, 0.3) is 30.4 Å². The van der Waals surface area contributed by atoms with Crippen LogP contribution in [-0.4, -0.2) is 54.0 Å². The first-order valence-electron chi connectivity index (χ1n) is 12.9. The molecule has 49 heavy (non-hydrogen) atoms. The number of aromatic nitrogens is 2. The molecule has 0 aliphatic carbocycles. The smallest absolute Gasteiger partial charge is 0.313 e.